The Labute approximate surface area is 97.7 Å². The molecule has 2 heterocycles. The monoisotopic (exact) mass is 236 g/mol. The van der Waals surface area contributed by atoms with E-state index >= 15 is 0 Å². The van der Waals surface area contributed by atoms with E-state index in [4.69, 9.17) is 9.47 Å². The van der Waals surface area contributed by atoms with Gasteiger partial charge in [-0.15, -0.1) is 12.4 Å². The summed E-state index contributed by atoms with van der Waals surface area (Å²) >= 11 is 0. The highest BCUT2D eigenvalue weighted by atomic mass is 35.5. The van der Waals surface area contributed by atoms with Crippen LogP contribution in [-0.4, -0.2) is 56.6 Å². The lowest BCUT2D eigenvalue weighted by molar-refractivity contribution is -0.0199. The molecule has 90 valence electrons. The average Bonchev–Trinajstić information content (AvgIpc) is 2.65. The molecule has 2 aliphatic rings. The molecule has 0 aliphatic carbocycles. The number of nitrogens with zero attached hydrogens (tertiary/aromatic N) is 1. The summed E-state index contributed by atoms with van der Waals surface area (Å²) in [6, 6.07) is 0. The van der Waals surface area contributed by atoms with Crippen LogP contribution in [0.4, 0.5) is 0 Å². The van der Waals surface area contributed by atoms with Gasteiger partial charge in [-0.1, -0.05) is 0 Å². The quantitative estimate of drug-likeness (QED) is 0.773. The van der Waals surface area contributed by atoms with Crippen LogP contribution in [0.3, 0.4) is 0 Å². The Kier molecular flexibility index (Phi) is 5.29. The van der Waals surface area contributed by atoms with Gasteiger partial charge in [-0.05, 0) is 6.92 Å². The van der Waals surface area contributed by atoms with Gasteiger partial charge in [0.15, 0.2) is 0 Å². The van der Waals surface area contributed by atoms with Crippen LogP contribution in [0.15, 0.2) is 0 Å². The molecule has 2 aliphatic heterocycles. The Hall–Kier alpha value is 0.130. The minimum atomic E-state index is -0.0850. The van der Waals surface area contributed by atoms with Gasteiger partial charge in [-0.3, -0.25) is 10.2 Å². The molecule has 2 saturated heterocycles. The molecule has 0 spiro atoms. The number of hydrogen-bond donors (Lipinski definition) is 1. The normalized spacial score (nSPS) is 32.6. The van der Waals surface area contributed by atoms with Crippen molar-refractivity contribution in [2.24, 2.45) is 0 Å². The van der Waals surface area contributed by atoms with Gasteiger partial charge >= 0.3 is 0 Å². The lowest BCUT2D eigenvalue weighted by Gasteiger charge is -2.30. The van der Waals surface area contributed by atoms with Crippen molar-refractivity contribution in [3.63, 3.8) is 0 Å². The minimum absolute atomic E-state index is 0. The summed E-state index contributed by atoms with van der Waals surface area (Å²) in [7, 11) is 0. The third-order valence-corrected chi connectivity index (χ3v) is 3.03. The molecular weight excluding hydrogens is 216 g/mol. The predicted molar refractivity (Wildman–Crippen MR) is 61.5 cm³/mol. The van der Waals surface area contributed by atoms with Gasteiger partial charge in [0.2, 0.25) is 0 Å². The molecule has 0 amide bonds. The summed E-state index contributed by atoms with van der Waals surface area (Å²) in [6.45, 7) is 8.97. The van der Waals surface area contributed by atoms with Gasteiger partial charge in [-0.2, -0.15) is 0 Å². The van der Waals surface area contributed by atoms with Crippen LogP contribution in [-0.2, 0) is 9.47 Å². The number of rotatable bonds is 3. The van der Waals surface area contributed by atoms with Gasteiger partial charge in [0, 0.05) is 32.6 Å². The second-order valence-corrected chi connectivity index (χ2v) is 4.21. The van der Waals surface area contributed by atoms with Crippen molar-refractivity contribution in [3.8, 4) is 0 Å². The molecule has 4 nitrogen and oxygen atoms in total. The summed E-state index contributed by atoms with van der Waals surface area (Å²) in [5, 5.41) is 3.39. The van der Waals surface area contributed by atoms with E-state index in [0.29, 0.717) is 0 Å². The summed E-state index contributed by atoms with van der Waals surface area (Å²) in [5.74, 6) is 0. The second kappa shape index (κ2) is 6.01. The van der Waals surface area contributed by atoms with Crippen molar-refractivity contribution in [1.29, 1.82) is 0 Å². The molecule has 1 atom stereocenters. The van der Waals surface area contributed by atoms with Crippen LogP contribution < -0.4 is 5.32 Å². The van der Waals surface area contributed by atoms with E-state index in [-0.39, 0.29) is 18.1 Å². The van der Waals surface area contributed by atoms with Crippen molar-refractivity contribution in [2.45, 2.75) is 19.1 Å². The lowest BCUT2D eigenvalue weighted by atomic mass is 10.1. The topological polar surface area (TPSA) is 33.7 Å². The van der Waals surface area contributed by atoms with Crippen LogP contribution in [0.2, 0.25) is 0 Å². The Bertz CT molecular complexity index is 180. The maximum absolute atomic E-state index is 5.66. The van der Waals surface area contributed by atoms with Crippen molar-refractivity contribution < 1.29 is 9.47 Å². The van der Waals surface area contributed by atoms with Crippen LogP contribution in [0.1, 0.15) is 13.3 Å². The Balaban J connectivity index is 0.00000112. The van der Waals surface area contributed by atoms with Crippen LogP contribution in [0.5, 0.6) is 0 Å². The highest BCUT2D eigenvalue weighted by Crippen LogP contribution is 2.16. The molecule has 0 radical (unpaired) electrons. The van der Waals surface area contributed by atoms with E-state index in [1.165, 1.54) is 0 Å². The summed E-state index contributed by atoms with van der Waals surface area (Å²) in [6.07, 6.45) is 1.06. The van der Waals surface area contributed by atoms with E-state index in [0.717, 1.165) is 52.4 Å². The molecule has 1 N–H and O–H groups in total. The SMILES string of the molecule is CC1(CCN2CCOCC2)NCCO1.Cl. The fourth-order valence-electron chi connectivity index (χ4n) is 2.00. The zero-order chi connectivity index (χ0) is 9.86. The molecular formula is C10H21ClN2O2. The highest BCUT2D eigenvalue weighted by Gasteiger charge is 2.29. The van der Waals surface area contributed by atoms with E-state index in [2.05, 4.69) is 17.1 Å². The zero-order valence-corrected chi connectivity index (χ0v) is 10.1. The fourth-order valence-corrected chi connectivity index (χ4v) is 2.00. The smallest absolute Gasteiger partial charge is 0.117 e. The third-order valence-electron chi connectivity index (χ3n) is 3.03. The van der Waals surface area contributed by atoms with Crippen LogP contribution in [0, 0.1) is 0 Å². The highest BCUT2D eigenvalue weighted by molar-refractivity contribution is 5.85. The number of halogens is 1. The largest absolute Gasteiger partial charge is 0.379 e. The number of morpholine rings is 1. The minimum Gasteiger partial charge on any atom is -0.379 e. The lowest BCUT2D eigenvalue weighted by Crippen LogP contribution is -2.44. The molecule has 5 heteroatoms. The van der Waals surface area contributed by atoms with Crippen LogP contribution in [0.25, 0.3) is 0 Å². The molecule has 0 saturated carbocycles. The Morgan fingerprint density at radius 2 is 2.00 bits per heavy atom. The molecule has 15 heavy (non-hydrogen) atoms. The number of ether oxygens (including phenoxy) is 2. The summed E-state index contributed by atoms with van der Waals surface area (Å²) in [4.78, 5) is 2.44. The maximum Gasteiger partial charge on any atom is 0.117 e. The fraction of sp³-hybridized carbons (Fsp3) is 1.00. The third kappa shape index (κ3) is 3.89. The Morgan fingerprint density at radius 3 is 2.60 bits per heavy atom. The molecule has 0 aromatic heterocycles. The van der Waals surface area contributed by atoms with E-state index in [1.54, 1.807) is 0 Å². The zero-order valence-electron chi connectivity index (χ0n) is 9.33. The molecule has 2 fully saturated rings. The second-order valence-electron chi connectivity index (χ2n) is 4.21. The molecule has 2 rings (SSSR count). The van der Waals surface area contributed by atoms with Crippen molar-refractivity contribution >= 4 is 12.4 Å². The molecule has 1 unspecified atom stereocenters. The van der Waals surface area contributed by atoms with Gasteiger partial charge in [0.05, 0.1) is 19.8 Å². The average molecular weight is 237 g/mol. The standard InChI is InChI=1S/C10H20N2O2.ClH/c1-10(11-3-7-14-10)2-4-12-5-8-13-9-6-12;/h11H,2-9H2,1H3;1H. The molecule has 0 bridgehead atoms. The van der Waals surface area contributed by atoms with E-state index in [1.807, 2.05) is 0 Å². The molecule has 0 aromatic carbocycles. The maximum atomic E-state index is 5.66. The Morgan fingerprint density at radius 1 is 1.27 bits per heavy atom. The van der Waals surface area contributed by atoms with Crippen molar-refractivity contribution in [1.82, 2.24) is 10.2 Å². The van der Waals surface area contributed by atoms with Gasteiger partial charge in [-0.25, -0.2) is 0 Å². The first-order chi connectivity index (χ1) is 6.79. The predicted octanol–water partition coefficient (Wildman–Crippen LogP) is 0.466. The summed E-state index contributed by atoms with van der Waals surface area (Å²) in [5.41, 5.74) is -0.0850. The van der Waals surface area contributed by atoms with Crippen molar-refractivity contribution in [2.75, 3.05) is 46.0 Å². The summed E-state index contributed by atoms with van der Waals surface area (Å²) < 4.78 is 11.0. The number of nitrogens with one attached hydrogen (secondary N) is 1. The first-order valence-corrected chi connectivity index (χ1v) is 5.48. The van der Waals surface area contributed by atoms with Gasteiger partial charge in [0.1, 0.15) is 5.72 Å². The van der Waals surface area contributed by atoms with Gasteiger partial charge in [0.25, 0.3) is 0 Å². The number of hydrogen-bond acceptors (Lipinski definition) is 4. The van der Waals surface area contributed by atoms with Crippen LogP contribution >= 0.6 is 12.4 Å². The molecule has 0 aromatic rings. The first-order valence-electron chi connectivity index (χ1n) is 5.48. The van der Waals surface area contributed by atoms with E-state index in [9.17, 15) is 0 Å². The van der Waals surface area contributed by atoms with Crippen molar-refractivity contribution in [3.05, 3.63) is 0 Å². The van der Waals surface area contributed by atoms with E-state index < -0.39 is 0 Å². The van der Waals surface area contributed by atoms with Gasteiger partial charge < -0.3 is 9.47 Å². The first kappa shape index (κ1) is 13.2.